The molecule has 2 rings (SSSR count). The average Bonchev–Trinajstić information content (AvgIpc) is 2.71. The monoisotopic (exact) mass is 374 g/mol. The van der Waals surface area contributed by atoms with Gasteiger partial charge in [-0.25, -0.2) is 5.43 Å². The van der Waals surface area contributed by atoms with Crippen LogP contribution in [0.5, 0.6) is 0 Å². The molecule has 1 aromatic heterocycles. The van der Waals surface area contributed by atoms with Gasteiger partial charge in [-0.05, 0) is 51.0 Å². The van der Waals surface area contributed by atoms with Crippen molar-refractivity contribution in [2.24, 2.45) is 5.84 Å². The molecule has 0 saturated carbocycles. The molecule has 2 aromatic rings. The molecule has 2 nitrogen and oxygen atoms in total. The van der Waals surface area contributed by atoms with Crippen LogP contribution in [0.25, 0.3) is 0 Å². The Morgan fingerprint density at radius 2 is 2.00 bits per heavy atom. The van der Waals surface area contributed by atoms with E-state index in [0.29, 0.717) is 0 Å². The van der Waals surface area contributed by atoms with Crippen molar-refractivity contribution in [1.82, 2.24) is 5.43 Å². The van der Waals surface area contributed by atoms with Crippen LogP contribution in [-0.2, 0) is 0 Å². The van der Waals surface area contributed by atoms with Gasteiger partial charge in [-0.1, -0.05) is 28.1 Å². The second kappa shape index (κ2) is 5.63. The molecule has 5 heteroatoms. The van der Waals surface area contributed by atoms with Crippen LogP contribution in [-0.4, -0.2) is 0 Å². The van der Waals surface area contributed by atoms with Crippen molar-refractivity contribution in [3.05, 3.63) is 54.6 Å². The number of benzene rings is 1. The van der Waals surface area contributed by atoms with Crippen LogP contribution in [0.1, 0.15) is 22.7 Å². The number of halogens is 2. The SMILES string of the molecule is Cc1ccc(C(NN)c2cscc2Br)cc1Br. The molecule has 1 atom stereocenters. The number of aryl methyl sites for hydroxylation is 1. The van der Waals surface area contributed by atoms with E-state index in [1.165, 1.54) is 5.56 Å². The number of rotatable bonds is 3. The molecule has 0 bridgehead atoms. The zero-order valence-corrected chi connectivity index (χ0v) is 13.2. The summed E-state index contributed by atoms with van der Waals surface area (Å²) in [6.45, 7) is 2.07. The quantitative estimate of drug-likeness (QED) is 0.625. The summed E-state index contributed by atoms with van der Waals surface area (Å²) in [5.74, 6) is 5.67. The molecule has 0 aliphatic heterocycles. The number of nitrogens with two attached hydrogens (primary N) is 1. The van der Waals surface area contributed by atoms with Gasteiger partial charge in [0.1, 0.15) is 0 Å². The van der Waals surface area contributed by atoms with E-state index in [1.54, 1.807) is 11.3 Å². The van der Waals surface area contributed by atoms with Crippen molar-refractivity contribution in [1.29, 1.82) is 0 Å². The van der Waals surface area contributed by atoms with Gasteiger partial charge in [0.2, 0.25) is 0 Å². The van der Waals surface area contributed by atoms with Gasteiger partial charge in [0, 0.05) is 14.3 Å². The van der Waals surface area contributed by atoms with Crippen molar-refractivity contribution in [3.63, 3.8) is 0 Å². The van der Waals surface area contributed by atoms with Crippen LogP contribution < -0.4 is 11.3 Å². The Hall–Kier alpha value is -0.200. The third kappa shape index (κ3) is 2.80. The Balaban J connectivity index is 2.42. The summed E-state index contributed by atoms with van der Waals surface area (Å²) in [6.07, 6.45) is 0. The smallest absolute Gasteiger partial charge is 0.0729 e. The highest BCUT2D eigenvalue weighted by molar-refractivity contribution is 9.10. The fourth-order valence-electron chi connectivity index (χ4n) is 1.65. The third-order valence-corrected chi connectivity index (χ3v) is 5.26. The first kappa shape index (κ1) is 13.2. The molecule has 0 fully saturated rings. The molecular formula is C12H12Br2N2S. The Labute approximate surface area is 121 Å². The standard InChI is InChI=1S/C12H12Br2N2S/c1-7-2-3-8(4-10(7)13)12(16-15)9-5-17-6-11(9)14/h2-6,12,16H,15H2,1H3. The fourth-order valence-corrected chi connectivity index (χ4v) is 3.60. The van der Waals surface area contributed by atoms with E-state index in [9.17, 15) is 0 Å². The van der Waals surface area contributed by atoms with Gasteiger partial charge in [-0.3, -0.25) is 5.84 Å². The van der Waals surface area contributed by atoms with E-state index in [0.717, 1.165) is 20.1 Å². The van der Waals surface area contributed by atoms with Crippen LogP contribution in [0.2, 0.25) is 0 Å². The molecule has 3 N–H and O–H groups in total. The van der Waals surface area contributed by atoms with Gasteiger partial charge in [0.25, 0.3) is 0 Å². The second-order valence-electron chi connectivity index (χ2n) is 3.78. The summed E-state index contributed by atoms with van der Waals surface area (Å²) >= 11 is 8.75. The number of thiophene rings is 1. The predicted molar refractivity (Wildman–Crippen MR) is 80.1 cm³/mol. The maximum atomic E-state index is 5.67. The lowest BCUT2D eigenvalue weighted by molar-refractivity contribution is 0.636. The van der Waals surface area contributed by atoms with Gasteiger partial charge in [-0.2, -0.15) is 11.3 Å². The van der Waals surface area contributed by atoms with Crippen molar-refractivity contribution in [3.8, 4) is 0 Å². The summed E-state index contributed by atoms with van der Waals surface area (Å²) in [5.41, 5.74) is 6.38. The Morgan fingerprint density at radius 1 is 1.24 bits per heavy atom. The van der Waals surface area contributed by atoms with E-state index in [4.69, 9.17) is 5.84 Å². The zero-order valence-electron chi connectivity index (χ0n) is 9.21. The maximum Gasteiger partial charge on any atom is 0.0729 e. The number of nitrogens with one attached hydrogen (secondary N) is 1. The van der Waals surface area contributed by atoms with E-state index in [-0.39, 0.29) is 6.04 Å². The van der Waals surface area contributed by atoms with Crippen LogP contribution in [0.15, 0.2) is 37.9 Å². The first-order chi connectivity index (χ1) is 8.13. The largest absolute Gasteiger partial charge is 0.271 e. The lowest BCUT2D eigenvalue weighted by Gasteiger charge is -2.17. The van der Waals surface area contributed by atoms with Crippen LogP contribution in [0.4, 0.5) is 0 Å². The Bertz CT molecular complexity index is 525. The van der Waals surface area contributed by atoms with E-state index in [1.807, 2.05) is 0 Å². The van der Waals surface area contributed by atoms with Crippen LogP contribution >= 0.6 is 43.2 Å². The van der Waals surface area contributed by atoms with Crippen molar-refractivity contribution in [2.45, 2.75) is 13.0 Å². The number of hydrazine groups is 1. The van der Waals surface area contributed by atoms with Gasteiger partial charge in [0.15, 0.2) is 0 Å². The highest BCUT2D eigenvalue weighted by Gasteiger charge is 2.16. The molecule has 0 aliphatic rings. The molecule has 0 spiro atoms. The minimum absolute atomic E-state index is 0.00697. The van der Waals surface area contributed by atoms with E-state index in [2.05, 4.69) is 73.2 Å². The topological polar surface area (TPSA) is 38.0 Å². The first-order valence-electron chi connectivity index (χ1n) is 5.07. The lowest BCUT2D eigenvalue weighted by atomic mass is 10.0. The molecule has 0 saturated heterocycles. The highest BCUT2D eigenvalue weighted by Crippen LogP contribution is 2.32. The van der Waals surface area contributed by atoms with Crippen molar-refractivity contribution in [2.75, 3.05) is 0 Å². The van der Waals surface area contributed by atoms with Crippen LogP contribution in [0, 0.1) is 6.92 Å². The van der Waals surface area contributed by atoms with Crippen molar-refractivity contribution < 1.29 is 0 Å². The first-order valence-corrected chi connectivity index (χ1v) is 7.60. The number of hydrogen-bond acceptors (Lipinski definition) is 3. The maximum absolute atomic E-state index is 5.67. The Kier molecular flexibility index (Phi) is 4.38. The summed E-state index contributed by atoms with van der Waals surface area (Å²) < 4.78 is 2.18. The normalized spacial score (nSPS) is 12.7. The second-order valence-corrected chi connectivity index (χ2v) is 6.24. The zero-order chi connectivity index (χ0) is 12.4. The predicted octanol–water partition coefficient (Wildman–Crippen LogP) is 4.13. The van der Waals surface area contributed by atoms with Gasteiger partial charge < -0.3 is 0 Å². The fraction of sp³-hybridized carbons (Fsp3) is 0.167. The van der Waals surface area contributed by atoms with Crippen LogP contribution in [0.3, 0.4) is 0 Å². The highest BCUT2D eigenvalue weighted by atomic mass is 79.9. The molecule has 90 valence electrons. The van der Waals surface area contributed by atoms with Crippen molar-refractivity contribution >= 4 is 43.2 Å². The molecule has 0 amide bonds. The minimum Gasteiger partial charge on any atom is -0.271 e. The van der Waals surface area contributed by atoms with E-state index >= 15 is 0 Å². The van der Waals surface area contributed by atoms with Gasteiger partial charge >= 0.3 is 0 Å². The van der Waals surface area contributed by atoms with E-state index < -0.39 is 0 Å². The molecule has 1 unspecified atom stereocenters. The molecule has 1 heterocycles. The third-order valence-electron chi connectivity index (χ3n) is 2.65. The number of hydrogen-bond donors (Lipinski definition) is 2. The summed E-state index contributed by atoms with van der Waals surface area (Å²) in [6, 6.07) is 6.29. The average molecular weight is 376 g/mol. The lowest BCUT2D eigenvalue weighted by Crippen LogP contribution is -2.28. The Morgan fingerprint density at radius 3 is 2.53 bits per heavy atom. The summed E-state index contributed by atoms with van der Waals surface area (Å²) in [4.78, 5) is 0. The van der Waals surface area contributed by atoms with Gasteiger partial charge in [-0.15, -0.1) is 0 Å². The molecule has 0 radical (unpaired) electrons. The summed E-state index contributed by atoms with van der Waals surface area (Å²) in [5, 5.41) is 4.16. The molecule has 17 heavy (non-hydrogen) atoms. The summed E-state index contributed by atoms with van der Waals surface area (Å²) in [7, 11) is 0. The van der Waals surface area contributed by atoms with Gasteiger partial charge in [0.05, 0.1) is 6.04 Å². The minimum atomic E-state index is 0.00697. The molecule has 0 aliphatic carbocycles. The molecular weight excluding hydrogens is 364 g/mol. The molecule has 1 aromatic carbocycles.